The van der Waals surface area contributed by atoms with Gasteiger partial charge in [0.05, 0.1) is 13.2 Å². The summed E-state index contributed by atoms with van der Waals surface area (Å²) in [4.78, 5) is 14.0. The van der Waals surface area contributed by atoms with E-state index < -0.39 is 0 Å². The molecule has 19 heavy (non-hydrogen) atoms. The SMILES string of the molecule is CCN1CCCC(NC(=O)CNCCOC)C1.Cl.Cl. The van der Waals surface area contributed by atoms with Crippen LogP contribution in [-0.4, -0.2) is 63.3 Å². The summed E-state index contributed by atoms with van der Waals surface area (Å²) in [5, 5.41) is 6.13. The van der Waals surface area contributed by atoms with Crippen molar-refractivity contribution in [3.63, 3.8) is 0 Å². The molecule has 0 spiro atoms. The van der Waals surface area contributed by atoms with Crippen LogP contribution in [0.5, 0.6) is 0 Å². The monoisotopic (exact) mass is 315 g/mol. The van der Waals surface area contributed by atoms with Crippen LogP contribution in [0, 0.1) is 0 Å². The first-order valence-electron chi connectivity index (χ1n) is 6.47. The average Bonchev–Trinajstić information content (AvgIpc) is 2.35. The van der Waals surface area contributed by atoms with Crippen molar-refractivity contribution < 1.29 is 9.53 Å². The van der Waals surface area contributed by atoms with Gasteiger partial charge in [0.2, 0.25) is 5.91 Å². The quantitative estimate of drug-likeness (QED) is 0.678. The van der Waals surface area contributed by atoms with E-state index >= 15 is 0 Å². The number of hydrogen-bond acceptors (Lipinski definition) is 4. The fourth-order valence-corrected chi connectivity index (χ4v) is 2.12. The van der Waals surface area contributed by atoms with Gasteiger partial charge in [-0.05, 0) is 25.9 Å². The number of ether oxygens (including phenoxy) is 1. The topological polar surface area (TPSA) is 53.6 Å². The summed E-state index contributed by atoms with van der Waals surface area (Å²) >= 11 is 0. The molecule has 1 fully saturated rings. The van der Waals surface area contributed by atoms with E-state index in [1.54, 1.807) is 7.11 Å². The third-order valence-corrected chi connectivity index (χ3v) is 3.09. The van der Waals surface area contributed by atoms with Crippen LogP contribution in [0.3, 0.4) is 0 Å². The molecular weight excluding hydrogens is 289 g/mol. The molecule has 0 bridgehead atoms. The molecule has 1 rings (SSSR count). The molecule has 0 aromatic rings. The summed E-state index contributed by atoms with van der Waals surface area (Å²) in [7, 11) is 1.66. The summed E-state index contributed by atoms with van der Waals surface area (Å²) in [6.45, 7) is 7.12. The van der Waals surface area contributed by atoms with Crippen molar-refractivity contribution in [2.24, 2.45) is 0 Å². The zero-order valence-corrected chi connectivity index (χ0v) is 13.4. The van der Waals surface area contributed by atoms with Gasteiger partial charge < -0.3 is 20.3 Å². The summed E-state index contributed by atoms with van der Waals surface area (Å²) in [6, 6.07) is 0.320. The predicted octanol–water partition coefficient (Wildman–Crippen LogP) is 0.666. The lowest BCUT2D eigenvalue weighted by Crippen LogP contribution is -2.49. The van der Waals surface area contributed by atoms with Gasteiger partial charge in [-0.3, -0.25) is 4.79 Å². The summed E-state index contributed by atoms with van der Waals surface area (Å²) in [6.07, 6.45) is 2.27. The highest BCUT2D eigenvalue weighted by atomic mass is 35.5. The molecule has 0 saturated carbocycles. The maximum absolute atomic E-state index is 11.6. The number of methoxy groups -OCH3 is 1. The highest BCUT2D eigenvalue weighted by molar-refractivity contribution is 5.85. The third-order valence-electron chi connectivity index (χ3n) is 3.09. The summed E-state index contributed by atoms with van der Waals surface area (Å²) in [5.41, 5.74) is 0. The van der Waals surface area contributed by atoms with Crippen molar-refractivity contribution in [3.05, 3.63) is 0 Å². The Morgan fingerprint density at radius 2 is 2.16 bits per heavy atom. The van der Waals surface area contributed by atoms with Gasteiger partial charge in [0.15, 0.2) is 0 Å². The van der Waals surface area contributed by atoms with Gasteiger partial charge in [0.25, 0.3) is 0 Å². The van der Waals surface area contributed by atoms with Crippen molar-refractivity contribution in [1.29, 1.82) is 0 Å². The first-order chi connectivity index (χ1) is 8.26. The lowest BCUT2D eigenvalue weighted by atomic mass is 10.1. The number of carbonyl (C=O) groups is 1. The van der Waals surface area contributed by atoms with Crippen molar-refractivity contribution in [2.45, 2.75) is 25.8 Å². The van der Waals surface area contributed by atoms with Crippen LogP contribution in [0.25, 0.3) is 0 Å². The van der Waals surface area contributed by atoms with Crippen molar-refractivity contribution in [2.75, 3.05) is 46.4 Å². The van der Waals surface area contributed by atoms with Crippen LogP contribution in [0.1, 0.15) is 19.8 Å². The highest BCUT2D eigenvalue weighted by Crippen LogP contribution is 2.08. The summed E-state index contributed by atoms with van der Waals surface area (Å²) in [5.74, 6) is 0.0871. The Balaban J connectivity index is 0. The fraction of sp³-hybridized carbons (Fsp3) is 0.917. The zero-order chi connectivity index (χ0) is 12.5. The first-order valence-corrected chi connectivity index (χ1v) is 6.47. The van der Waals surface area contributed by atoms with E-state index in [0.29, 0.717) is 19.2 Å². The predicted molar refractivity (Wildman–Crippen MR) is 82.5 cm³/mol. The zero-order valence-electron chi connectivity index (χ0n) is 11.8. The van der Waals surface area contributed by atoms with Gasteiger partial charge in [-0.2, -0.15) is 0 Å². The van der Waals surface area contributed by atoms with Crippen molar-refractivity contribution in [1.82, 2.24) is 15.5 Å². The van der Waals surface area contributed by atoms with E-state index in [4.69, 9.17) is 4.74 Å². The number of likely N-dealkylation sites (tertiary alicyclic amines) is 1. The van der Waals surface area contributed by atoms with Gasteiger partial charge >= 0.3 is 0 Å². The molecule has 0 aromatic heterocycles. The molecule has 116 valence electrons. The number of carbonyl (C=O) groups excluding carboxylic acids is 1. The largest absolute Gasteiger partial charge is 0.383 e. The van der Waals surface area contributed by atoms with Crippen LogP contribution in [0.2, 0.25) is 0 Å². The van der Waals surface area contributed by atoms with E-state index in [1.165, 1.54) is 6.42 Å². The van der Waals surface area contributed by atoms with E-state index in [1.807, 2.05) is 0 Å². The lowest BCUT2D eigenvalue weighted by molar-refractivity contribution is -0.121. The number of halogens is 2. The molecule has 2 N–H and O–H groups in total. The first kappa shape index (κ1) is 21.2. The molecule has 1 atom stereocenters. The smallest absolute Gasteiger partial charge is 0.234 e. The Hall–Kier alpha value is -0.0700. The minimum Gasteiger partial charge on any atom is -0.383 e. The van der Waals surface area contributed by atoms with Crippen LogP contribution in [0.15, 0.2) is 0 Å². The number of amides is 1. The molecule has 0 radical (unpaired) electrons. The third kappa shape index (κ3) is 9.46. The normalized spacial score (nSPS) is 19.2. The van der Waals surface area contributed by atoms with Crippen LogP contribution < -0.4 is 10.6 Å². The second-order valence-electron chi connectivity index (χ2n) is 4.47. The molecular formula is C12H27Cl2N3O2. The van der Waals surface area contributed by atoms with Crippen LogP contribution >= 0.6 is 24.8 Å². The molecule has 0 aliphatic carbocycles. The second kappa shape index (κ2) is 12.9. The standard InChI is InChI=1S/C12H25N3O2.2ClH/c1-3-15-7-4-5-11(10-15)14-12(16)9-13-6-8-17-2;;/h11,13H,3-10H2,1-2H3,(H,14,16);2*1H. The number of nitrogens with zero attached hydrogens (tertiary/aromatic N) is 1. The van der Waals surface area contributed by atoms with E-state index in [2.05, 4.69) is 22.5 Å². The molecule has 1 unspecified atom stereocenters. The minimum absolute atomic E-state index is 0. The second-order valence-corrected chi connectivity index (χ2v) is 4.47. The lowest BCUT2D eigenvalue weighted by Gasteiger charge is -2.32. The molecule has 1 heterocycles. The minimum atomic E-state index is 0. The van der Waals surface area contributed by atoms with Gasteiger partial charge in [-0.25, -0.2) is 0 Å². The molecule has 1 aliphatic rings. The van der Waals surface area contributed by atoms with Crippen molar-refractivity contribution in [3.8, 4) is 0 Å². The molecule has 5 nitrogen and oxygen atoms in total. The number of piperidine rings is 1. The average molecular weight is 316 g/mol. The van der Waals surface area contributed by atoms with Gasteiger partial charge in [-0.15, -0.1) is 24.8 Å². The summed E-state index contributed by atoms with van der Waals surface area (Å²) < 4.78 is 4.90. The van der Waals surface area contributed by atoms with E-state index in [9.17, 15) is 4.79 Å². The van der Waals surface area contributed by atoms with Gasteiger partial charge in [0, 0.05) is 26.2 Å². The maximum atomic E-state index is 11.6. The maximum Gasteiger partial charge on any atom is 0.234 e. The van der Waals surface area contributed by atoms with Crippen molar-refractivity contribution >= 4 is 30.7 Å². The van der Waals surface area contributed by atoms with Gasteiger partial charge in [0.1, 0.15) is 0 Å². The molecule has 1 amide bonds. The Morgan fingerprint density at radius 1 is 1.42 bits per heavy atom. The molecule has 1 saturated heterocycles. The Labute approximate surface area is 128 Å². The number of likely N-dealkylation sites (N-methyl/N-ethyl adjacent to an activating group) is 1. The number of nitrogens with one attached hydrogen (secondary N) is 2. The van der Waals surface area contributed by atoms with Crippen LogP contribution in [-0.2, 0) is 9.53 Å². The number of hydrogen-bond donors (Lipinski definition) is 2. The Morgan fingerprint density at radius 3 is 2.79 bits per heavy atom. The van der Waals surface area contributed by atoms with E-state index in [-0.39, 0.29) is 30.7 Å². The highest BCUT2D eigenvalue weighted by Gasteiger charge is 2.19. The molecule has 0 aromatic carbocycles. The molecule has 7 heteroatoms. The van der Waals surface area contributed by atoms with Gasteiger partial charge in [-0.1, -0.05) is 6.92 Å². The Bertz CT molecular complexity index is 233. The fourth-order valence-electron chi connectivity index (χ4n) is 2.12. The number of rotatable bonds is 7. The Kier molecular flexibility index (Phi) is 14.5. The van der Waals surface area contributed by atoms with E-state index in [0.717, 1.165) is 32.6 Å². The van der Waals surface area contributed by atoms with Crippen LogP contribution in [0.4, 0.5) is 0 Å². The molecule has 1 aliphatic heterocycles.